The van der Waals surface area contributed by atoms with Crippen molar-refractivity contribution in [3.63, 3.8) is 0 Å². The summed E-state index contributed by atoms with van der Waals surface area (Å²) in [5, 5.41) is 14.1. The molecule has 0 saturated heterocycles. The van der Waals surface area contributed by atoms with Gasteiger partial charge < -0.3 is 19.8 Å². The number of anilines is 2. The van der Waals surface area contributed by atoms with Gasteiger partial charge in [-0.2, -0.15) is 23.4 Å². The fraction of sp³-hybridized carbons (Fsp3) is 0.105. The average molecular weight is 717 g/mol. The van der Waals surface area contributed by atoms with Crippen molar-refractivity contribution >= 4 is 45.5 Å². The molecule has 0 fully saturated rings. The highest BCUT2D eigenvalue weighted by Crippen LogP contribution is 2.29. The first-order valence-corrected chi connectivity index (χ1v) is 16.3. The molecule has 12 nitrogen and oxygen atoms in total. The molecule has 2 amide bonds. The second-order valence-electron chi connectivity index (χ2n) is 12.0. The molecule has 0 bridgehead atoms. The number of carbonyl (C=O) groups is 2. The number of para-hydroxylation sites is 4. The lowest BCUT2D eigenvalue weighted by Crippen LogP contribution is -2.18. The van der Waals surface area contributed by atoms with Gasteiger partial charge in [0.05, 0.1) is 51.7 Å². The fourth-order valence-electron chi connectivity index (χ4n) is 5.59. The van der Waals surface area contributed by atoms with Crippen molar-refractivity contribution in [1.29, 1.82) is 0 Å². The van der Waals surface area contributed by atoms with Crippen LogP contribution in [-0.2, 0) is 28.9 Å². The van der Waals surface area contributed by atoms with Gasteiger partial charge in [0.15, 0.2) is 11.6 Å². The van der Waals surface area contributed by atoms with Gasteiger partial charge in [-0.25, -0.2) is 19.3 Å². The van der Waals surface area contributed by atoms with Crippen molar-refractivity contribution in [1.82, 2.24) is 38.7 Å². The van der Waals surface area contributed by atoms with Crippen LogP contribution in [0.3, 0.4) is 0 Å². The number of benzene rings is 4. The molecule has 0 atom stereocenters. The standard InChI is InChI=1S/C19H14F3N5O.C19H17N5O/c20-19(21,22)13-5-7-14(8-6-13)27-10-9-17(25-27)24-18(28)11-26-12-23-15-3-1-2-4-16(15)26;1-14-5-4-6-15(11-14)24-10-9-18(22-24)21-19(25)12-23-13-20-16-7-2-3-8-17(16)23/h1-10,12H,11H2,(H,24,25,28);2-11,13H,12H2,1H3,(H,21,22,25). The Balaban J connectivity index is 0.000000165. The van der Waals surface area contributed by atoms with Crippen LogP contribution >= 0.6 is 0 Å². The summed E-state index contributed by atoms with van der Waals surface area (Å²) in [5.74, 6) is 0.392. The number of halogens is 3. The first-order chi connectivity index (χ1) is 25.6. The number of aryl methyl sites for hydroxylation is 1. The van der Waals surface area contributed by atoms with Gasteiger partial charge in [0.2, 0.25) is 11.8 Å². The molecule has 0 aliphatic carbocycles. The van der Waals surface area contributed by atoms with E-state index in [9.17, 15) is 22.8 Å². The summed E-state index contributed by atoms with van der Waals surface area (Å²) in [7, 11) is 0. The highest BCUT2D eigenvalue weighted by atomic mass is 19.4. The minimum absolute atomic E-state index is 0.0631. The predicted molar refractivity (Wildman–Crippen MR) is 194 cm³/mol. The number of nitrogens with zero attached hydrogens (tertiary/aromatic N) is 8. The molecule has 4 aromatic carbocycles. The molecular weight excluding hydrogens is 685 g/mol. The summed E-state index contributed by atoms with van der Waals surface area (Å²) >= 11 is 0. The Hall–Kier alpha value is -7.03. The van der Waals surface area contributed by atoms with Crippen molar-refractivity contribution in [3.05, 3.63) is 145 Å². The molecule has 8 aromatic rings. The van der Waals surface area contributed by atoms with E-state index in [-0.39, 0.29) is 24.9 Å². The first kappa shape index (κ1) is 34.4. The first-order valence-electron chi connectivity index (χ1n) is 16.3. The van der Waals surface area contributed by atoms with Crippen LogP contribution < -0.4 is 10.6 Å². The molecule has 266 valence electrons. The summed E-state index contributed by atoms with van der Waals surface area (Å²) in [6, 6.07) is 31.2. The van der Waals surface area contributed by atoms with E-state index in [4.69, 9.17) is 0 Å². The van der Waals surface area contributed by atoms with Crippen LogP contribution in [0.25, 0.3) is 33.4 Å². The Kier molecular flexibility index (Phi) is 9.53. The molecule has 4 heterocycles. The molecule has 0 spiro atoms. The second kappa shape index (κ2) is 14.7. The molecule has 0 unspecified atom stereocenters. The van der Waals surface area contributed by atoms with Gasteiger partial charge in [-0.15, -0.1) is 0 Å². The number of fused-ring (bicyclic) bond motifs is 2. The molecule has 4 aromatic heterocycles. The lowest BCUT2D eigenvalue weighted by molar-refractivity contribution is -0.137. The molecule has 0 saturated carbocycles. The maximum atomic E-state index is 12.6. The second-order valence-corrected chi connectivity index (χ2v) is 12.0. The van der Waals surface area contributed by atoms with E-state index in [2.05, 4.69) is 30.8 Å². The molecule has 0 aliphatic rings. The quantitative estimate of drug-likeness (QED) is 0.174. The molecule has 53 heavy (non-hydrogen) atoms. The highest BCUT2D eigenvalue weighted by molar-refractivity contribution is 5.91. The number of rotatable bonds is 8. The van der Waals surface area contributed by atoms with Crippen molar-refractivity contribution in [2.24, 2.45) is 0 Å². The summed E-state index contributed by atoms with van der Waals surface area (Å²) in [6.07, 6.45) is 2.27. The predicted octanol–water partition coefficient (Wildman–Crippen LogP) is 7.05. The van der Waals surface area contributed by atoms with Gasteiger partial charge >= 0.3 is 6.18 Å². The molecule has 15 heteroatoms. The van der Waals surface area contributed by atoms with Crippen LogP contribution in [0.1, 0.15) is 11.1 Å². The Morgan fingerprint density at radius 3 is 1.64 bits per heavy atom. The topological polar surface area (TPSA) is 129 Å². The Bertz CT molecular complexity index is 2530. The SMILES string of the molecule is Cc1cccc(-n2ccc(NC(=O)Cn3cnc4ccccc43)n2)c1.O=C(Cn1cnc2ccccc21)Nc1ccn(-c2ccc(C(F)(F)F)cc2)n1. The molecule has 0 radical (unpaired) electrons. The Labute approximate surface area is 300 Å². The van der Waals surface area contributed by atoms with Crippen LogP contribution in [0.4, 0.5) is 24.8 Å². The van der Waals surface area contributed by atoms with Gasteiger partial charge in [0, 0.05) is 24.5 Å². The number of aromatic nitrogens is 8. The maximum Gasteiger partial charge on any atom is 0.416 e. The van der Waals surface area contributed by atoms with Crippen LogP contribution in [0, 0.1) is 6.92 Å². The lowest BCUT2D eigenvalue weighted by atomic mass is 10.2. The number of carbonyl (C=O) groups excluding carboxylic acids is 2. The van der Waals surface area contributed by atoms with Crippen molar-refractivity contribution in [3.8, 4) is 11.4 Å². The number of hydrogen-bond acceptors (Lipinski definition) is 6. The molecular formula is C38H31F3N10O2. The van der Waals surface area contributed by atoms with Crippen molar-refractivity contribution in [2.75, 3.05) is 10.6 Å². The van der Waals surface area contributed by atoms with Gasteiger partial charge in [0.25, 0.3) is 0 Å². The third-order valence-electron chi connectivity index (χ3n) is 8.12. The lowest BCUT2D eigenvalue weighted by Gasteiger charge is -2.07. The fourth-order valence-corrected chi connectivity index (χ4v) is 5.59. The molecule has 0 aliphatic heterocycles. The number of amides is 2. The molecule has 8 rings (SSSR count). The van der Waals surface area contributed by atoms with E-state index in [1.807, 2.05) is 90.5 Å². The van der Waals surface area contributed by atoms with Gasteiger partial charge in [0.1, 0.15) is 13.1 Å². The Morgan fingerprint density at radius 1 is 0.623 bits per heavy atom. The third-order valence-corrected chi connectivity index (χ3v) is 8.12. The number of hydrogen-bond donors (Lipinski definition) is 2. The van der Waals surface area contributed by atoms with E-state index < -0.39 is 11.7 Å². The van der Waals surface area contributed by atoms with Crippen molar-refractivity contribution < 1.29 is 22.8 Å². The zero-order valence-electron chi connectivity index (χ0n) is 28.1. The number of alkyl halides is 3. The third kappa shape index (κ3) is 8.14. The summed E-state index contributed by atoms with van der Waals surface area (Å²) in [4.78, 5) is 33.1. The van der Waals surface area contributed by atoms with E-state index in [1.54, 1.807) is 40.2 Å². The van der Waals surface area contributed by atoms with E-state index in [0.717, 1.165) is 45.5 Å². The van der Waals surface area contributed by atoms with Crippen LogP contribution in [0.15, 0.2) is 134 Å². The van der Waals surface area contributed by atoms with Crippen LogP contribution in [0.2, 0.25) is 0 Å². The maximum absolute atomic E-state index is 12.6. The minimum atomic E-state index is -4.39. The molecule has 2 N–H and O–H groups in total. The smallest absolute Gasteiger partial charge is 0.321 e. The van der Waals surface area contributed by atoms with Gasteiger partial charge in [-0.1, -0.05) is 36.4 Å². The number of nitrogens with one attached hydrogen (secondary N) is 2. The average Bonchev–Trinajstić information content (AvgIpc) is 3.97. The largest absolute Gasteiger partial charge is 0.416 e. The van der Waals surface area contributed by atoms with E-state index >= 15 is 0 Å². The van der Waals surface area contributed by atoms with Crippen LogP contribution in [-0.4, -0.2) is 50.5 Å². The summed E-state index contributed by atoms with van der Waals surface area (Å²) in [6.45, 7) is 2.29. The highest BCUT2D eigenvalue weighted by Gasteiger charge is 2.30. The minimum Gasteiger partial charge on any atom is -0.321 e. The Morgan fingerprint density at radius 2 is 1.13 bits per heavy atom. The van der Waals surface area contributed by atoms with E-state index in [0.29, 0.717) is 17.3 Å². The zero-order valence-corrected chi connectivity index (χ0v) is 28.1. The zero-order chi connectivity index (χ0) is 37.0. The van der Waals surface area contributed by atoms with E-state index in [1.165, 1.54) is 16.8 Å². The van der Waals surface area contributed by atoms with Crippen LogP contribution in [0.5, 0.6) is 0 Å². The normalized spacial score (nSPS) is 11.3. The summed E-state index contributed by atoms with van der Waals surface area (Å²) in [5.41, 5.74) is 5.28. The summed E-state index contributed by atoms with van der Waals surface area (Å²) < 4.78 is 44.6. The number of imidazole rings is 2. The monoisotopic (exact) mass is 716 g/mol. The van der Waals surface area contributed by atoms with Gasteiger partial charge in [-0.05, 0) is 73.2 Å². The van der Waals surface area contributed by atoms with Gasteiger partial charge in [-0.3, -0.25) is 9.59 Å². The van der Waals surface area contributed by atoms with Crippen molar-refractivity contribution in [2.45, 2.75) is 26.2 Å².